The molecule has 0 saturated carbocycles. The van der Waals surface area contributed by atoms with E-state index in [0.29, 0.717) is 22.5 Å². The Morgan fingerprint density at radius 2 is 1.14 bits per heavy atom. The Labute approximate surface area is 250 Å². The first-order valence-electron chi connectivity index (χ1n) is 14.3. The van der Waals surface area contributed by atoms with Crippen LogP contribution >= 0.6 is 0 Å². The molecule has 0 amide bonds. The number of nitriles is 2. The second-order valence-corrected chi connectivity index (χ2v) is 11.0. The summed E-state index contributed by atoms with van der Waals surface area (Å²) in [4.78, 5) is 0. The Hall–Kier alpha value is -6.50. The predicted octanol–water partition coefficient (Wildman–Crippen LogP) is 9.11. The molecule has 2 N–H and O–H groups in total. The Balaban J connectivity index is 1.48. The molecule has 0 aliphatic carbocycles. The minimum atomic E-state index is 0.330. The average Bonchev–Trinajstić information content (AvgIpc) is 3.71. The smallest absolute Gasteiger partial charge is 0.145 e. The summed E-state index contributed by atoms with van der Waals surface area (Å²) >= 11 is 0. The van der Waals surface area contributed by atoms with Crippen LogP contribution in [0.5, 0.6) is 0 Å². The summed E-state index contributed by atoms with van der Waals surface area (Å²) < 4.78 is 10.8. The third-order valence-corrected chi connectivity index (χ3v) is 8.69. The van der Waals surface area contributed by atoms with Crippen LogP contribution < -0.4 is 5.73 Å². The van der Waals surface area contributed by atoms with Crippen LogP contribution in [0.1, 0.15) is 11.1 Å². The summed E-state index contributed by atoms with van der Waals surface area (Å²) in [5.41, 5.74) is 14.1. The highest BCUT2D eigenvalue weighted by atomic mass is 16.3. The van der Waals surface area contributed by atoms with E-state index < -0.39 is 0 Å². The van der Waals surface area contributed by atoms with Gasteiger partial charge in [-0.1, -0.05) is 54.6 Å². The highest BCUT2D eigenvalue weighted by Crippen LogP contribution is 2.43. The molecule has 6 nitrogen and oxygen atoms in total. The molecule has 44 heavy (non-hydrogen) atoms. The van der Waals surface area contributed by atoms with Gasteiger partial charge >= 0.3 is 0 Å². The summed E-state index contributed by atoms with van der Waals surface area (Å²) in [6, 6.07) is 43.2. The zero-order valence-electron chi connectivity index (χ0n) is 23.2. The number of para-hydroxylation sites is 3. The van der Waals surface area contributed by atoms with Gasteiger partial charge in [0.05, 0.1) is 44.3 Å². The van der Waals surface area contributed by atoms with Crippen molar-refractivity contribution in [1.29, 1.82) is 10.5 Å². The molecule has 6 heteroatoms. The summed E-state index contributed by atoms with van der Waals surface area (Å²) in [5.74, 6) is 0. The first kappa shape index (κ1) is 24.1. The molecule has 204 valence electrons. The van der Waals surface area contributed by atoms with Crippen molar-refractivity contribution in [1.82, 2.24) is 9.13 Å². The van der Waals surface area contributed by atoms with Crippen molar-refractivity contribution in [3.63, 3.8) is 0 Å². The number of nitrogen functional groups attached to an aromatic ring is 1. The van der Waals surface area contributed by atoms with Crippen LogP contribution in [-0.2, 0) is 0 Å². The van der Waals surface area contributed by atoms with E-state index in [9.17, 15) is 10.5 Å². The van der Waals surface area contributed by atoms with Crippen molar-refractivity contribution < 1.29 is 4.42 Å². The lowest BCUT2D eigenvalue weighted by Crippen LogP contribution is -2.03. The molecule has 0 atom stereocenters. The second kappa shape index (κ2) is 8.75. The lowest BCUT2D eigenvalue weighted by atomic mass is 10.1. The van der Waals surface area contributed by atoms with Crippen LogP contribution in [0.3, 0.4) is 0 Å². The zero-order chi connectivity index (χ0) is 29.5. The third kappa shape index (κ3) is 3.11. The molecule has 9 rings (SSSR count). The van der Waals surface area contributed by atoms with Gasteiger partial charge in [0.15, 0.2) is 0 Å². The second-order valence-electron chi connectivity index (χ2n) is 11.0. The molecule has 0 saturated heterocycles. The fourth-order valence-corrected chi connectivity index (χ4v) is 6.92. The lowest BCUT2D eigenvalue weighted by Gasteiger charge is -2.13. The number of fused-ring (bicyclic) bond motifs is 10. The number of rotatable bonds is 2. The Morgan fingerprint density at radius 1 is 0.545 bits per heavy atom. The van der Waals surface area contributed by atoms with Crippen LogP contribution in [-0.4, -0.2) is 9.13 Å². The minimum Gasteiger partial charge on any atom is -0.455 e. The van der Waals surface area contributed by atoms with Gasteiger partial charge in [-0.15, -0.1) is 0 Å². The van der Waals surface area contributed by atoms with Crippen molar-refractivity contribution >= 4 is 71.2 Å². The van der Waals surface area contributed by atoms with E-state index >= 15 is 0 Å². The molecule has 0 spiro atoms. The lowest BCUT2D eigenvalue weighted by molar-refractivity contribution is 0.673. The topological polar surface area (TPSA) is 96.6 Å². The van der Waals surface area contributed by atoms with E-state index in [2.05, 4.69) is 102 Å². The summed E-state index contributed by atoms with van der Waals surface area (Å²) in [6.07, 6.45) is 0. The van der Waals surface area contributed by atoms with Gasteiger partial charge in [-0.05, 0) is 60.7 Å². The number of benzene rings is 6. The minimum absolute atomic E-state index is 0.330. The van der Waals surface area contributed by atoms with Gasteiger partial charge in [0, 0.05) is 38.3 Å². The molecule has 0 fully saturated rings. The SMILES string of the molecule is N#Cc1cc(N)cc(C#N)c1-n1c2ccc(-n3c4ccccc4c4ccccc43)cc2c2c3oc4ccccc4c3ccc21. The standard InChI is InChI=1S/C38H21N5O/c39-20-22-17-24(41)18-23(21-40)37(22)43-33-15-13-25(42-31-10-4-1-7-26(31)27-8-2-5-11-32(27)42)19-30(33)36-34(43)16-14-29-28-9-3-6-12-35(28)44-38(29)36/h1-19H,41H2. The van der Waals surface area contributed by atoms with Gasteiger partial charge in [0.1, 0.15) is 23.3 Å². The van der Waals surface area contributed by atoms with E-state index in [1.54, 1.807) is 12.1 Å². The predicted molar refractivity (Wildman–Crippen MR) is 176 cm³/mol. The normalized spacial score (nSPS) is 11.7. The maximum absolute atomic E-state index is 10.2. The first-order chi connectivity index (χ1) is 21.7. The molecular weight excluding hydrogens is 542 g/mol. The van der Waals surface area contributed by atoms with E-state index in [1.165, 1.54) is 10.8 Å². The van der Waals surface area contributed by atoms with E-state index in [-0.39, 0.29) is 0 Å². The average molecular weight is 564 g/mol. The van der Waals surface area contributed by atoms with Gasteiger partial charge in [-0.3, -0.25) is 0 Å². The van der Waals surface area contributed by atoms with E-state index in [0.717, 1.165) is 60.5 Å². The first-order valence-corrected chi connectivity index (χ1v) is 14.3. The summed E-state index contributed by atoms with van der Waals surface area (Å²) in [6.45, 7) is 0. The number of anilines is 1. The molecular formula is C38H21N5O. The maximum atomic E-state index is 10.2. The Morgan fingerprint density at radius 3 is 1.82 bits per heavy atom. The Bertz CT molecular complexity index is 2670. The van der Waals surface area contributed by atoms with Crippen LogP contribution in [0.15, 0.2) is 120 Å². The van der Waals surface area contributed by atoms with Crippen LogP contribution in [0.2, 0.25) is 0 Å². The quantitative estimate of drug-likeness (QED) is 0.212. The number of nitrogens with zero attached hydrogens (tertiary/aromatic N) is 4. The monoisotopic (exact) mass is 563 g/mol. The van der Waals surface area contributed by atoms with Crippen LogP contribution in [0.25, 0.3) is 76.9 Å². The van der Waals surface area contributed by atoms with E-state index in [4.69, 9.17) is 10.2 Å². The van der Waals surface area contributed by atoms with Crippen molar-refractivity contribution in [2.45, 2.75) is 0 Å². The van der Waals surface area contributed by atoms with Gasteiger partial charge in [0.25, 0.3) is 0 Å². The number of nitrogens with two attached hydrogens (primary N) is 1. The number of aromatic nitrogens is 2. The largest absolute Gasteiger partial charge is 0.455 e. The number of hydrogen-bond acceptors (Lipinski definition) is 4. The van der Waals surface area contributed by atoms with E-state index in [1.807, 2.05) is 22.8 Å². The molecule has 6 aromatic carbocycles. The molecule has 0 unspecified atom stereocenters. The van der Waals surface area contributed by atoms with Crippen LogP contribution in [0.4, 0.5) is 5.69 Å². The maximum Gasteiger partial charge on any atom is 0.145 e. The molecule has 3 heterocycles. The van der Waals surface area contributed by atoms with Gasteiger partial charge in [0.2, 0.25) is 0 Å². The number of hydrogen-bond donors (Lipinski definition) is 1. The highest BCUT2D eigenvalue weighted by molar-refractivity contribution is 6.24. The van der Waals surface area contributed by atoms with Crippen LogP contribution in [0, 0.1) is 22.7 Å². The Kier molecular flexibility index (Phi) is 4.80. The molecule has 3 aromatic heterocycles. The van der Waals surface area contributed by atoms with Crippen molar-refractivity contribution in [3.05, 3.63) is 126 Å². The molecule has 9 aromatic rings. The highest BCUT2D eigenvalue weighted by Gasteiger charge is 2.23. The van der Waals surface area contributed by atoms with Gasteiger partial charge in [-0.25, -0.2) is 0 Å². The van der Waals surface area contributed by atoms with Crippen molar-refractivity contribution in [2.75, 3.05) is 5.73 Å². The third-order valence-electron chi connectivity index (χ3n) is 8.69. The summed E-state index contributed by atoms with van der Waals surface area (Å²) in [7, 11) is 0. The number of furan rings is 1. The molecule has 0 bridgehead atoms. The van der Waals surface area contributed by atoms with Gasteiger partial charge < -0.3 is 19.3 Å². The van der Waals surface area contributed by atoms with Crippen molar-refractivity contribution in [3.8, 4) is 23.5 Å². The summed E-state index contributed by atoms with van der Waals surface area (Å²) in [5, 5.41) is 26.7. The molecule has 0 aliphatic heterocycles. The van der Waals surface area contributed by atoms with Crippen molar-refractivity contribution in [2.24, 2.45) is 0 Å². The molecule has 0 radical (unpaired) electrons. The van der Waals surface area contributed by atoms with Gasteiger partial charge in [-0.2, -0.15) is 10.5 Å². The fraction of sp³-hybridized carbons (Fsp3) is 0. The molecule has 0 aliphatic rings. The fourth-order valence-electron chi connectivity index (χ4n) is 6.92. The zero-order valence-corrected chi connectivity index (χ0v) is 23.2.